The Hall–Kier alpha value is -1.13. The molecule has 0 unspecified atom stereocenters. The van der Waals surface area contributed by atoms with Gasteiger partial charge in [-0.3, -0.25) is 4.79 Å². The van der Waals surface area contributed by atoms with Crippen molar-refractivity contribution >= 4 is 33.0 Å². The van der Waals surface area contributed by atoms with Crippen molar-refractivity contribution in [1.82, 2.24) is 0 Å². The predicted molar refractivity (Wildman–Crippen MR) is 87.0 cm³/mol. The Labute approximate surface area is 131 Å². The second-order valence-electron chi connectivity index (χ2n) is 5.58. The molecule has 4 heteroatoms. The maximum atomic E-state index is 12.0. The number of ketones is 1. The van der Waals surface area contributed by atoms with Gasteiger partial charge in [0, 0.05) is 4.47 Å². The Bertz CT molecular complexity index is 594. The van der Waals surface area contributed by atoms with E-state index >= 15 is 0 Å². The van der Waals surface area contributed by atoms with Gasteiger partial charge in [-0.1, -0.05) is 32.9 Å². The summed E-state index contributed by atoms with van der Waals surface area (Å²) in [6, 6.07) is 9.78. The van der Waals surface area contributed by atoms with Gasteiger partial charge in [-0.05, 0) is 50.5 Å². The number of rotatable bonds is 4. The van der Waals surface area contributed by atoms with Gasteiger partial charge in [0.15, 0.2) is 6.61 Å². The average molecular weight is 353 g/mol. The maximum Gasteiger partial charge on any atom is 0.211 e. The zero-order valence-corrected chi connectivity index (χ0v) is 14.2. The van der Waals surface area contributed by atoms with Gasteiger partial charge in [-0.15, -0.1) is 11.3 Å². The summed E-state index contributed by atoms with van der Waals surface area (Å²) in [4.78, 5) is 12.7. The molecule has 2 aromatic rings. The topological polar surface area (TPSA) is 26.3 Å². The van der Waals surface area contributed by atoms with Gasteiger partial charge in [0.2, 0.25) is 5.78 Å². The zero-order chi connectivity index (χ0) is 14.8. The van der Waals surface area contributed by atoms with Gasteiger partial charge in [0.1, 0.15) is 5.75 Å². The first-order chi connectivity index (χ1) is 9.38. The molecule has 0 spiro atoms. The second kappa shape index (κ2) is 6.10. The lowest BCUT2D eigenvalue weighted by Crippen LogP contribution is -2.12. The van der Waals surface area contributed by atoms with E-state index < -0.39 is 0 Å². The minimum atomic E-state index is -0.00762. The first-order valence-electron chi connectivity index (χ1n) is 6.37. The number of carbonyl (C=O) groups is 1. The fourth-order valence-electron chi connectivity index (χ4n) is 1.76. The van der Waals surface area contributed by atoms with Gasteiger partial charge in [-0.2, -0.15) is 0 Å². The van der Waals surface area contributed by atoms with Crippen LogP contribution in [0.15, 0.2) is 40.2 Å². The molecule has 0 radical (unpaired) electrons. The van der Waals surface area contributed by atoms with E-state index in [0.717, 1.165) is 10.2 Å². The van der Waals surface area contributed by atoms with Crippen molar-refractivity contribution in [1.29, 1.82) is 0 Å². The molecule has 0 amide bonds. The summed E-state index contributed by atoms with van der Waals surface area (Å²) in [6.45, 7) is 6.57. The fraction of sp³-hybridized carbons (Fsp3) is 0.312. The highest BCUT2D eigenvalue weighted by atomic mass is 79.9. The number of thiophene rings is 1. The molecule has 20 heavy (non-hydrogen) atoms. The van der Waals surface area contributed by atoms with E-state index in [-0.39, 0.29) is 17.8 Å². The van der Waals surface area contributed by atoms with Gasteiger partial charge < -0.3 is 4.74 Å². The molecule has 1 aromatic heterocycles. The molecule has 0 bridgehead atoms. The zero-order valence-electron chi connectivity index (χ0n) is 11.8. The summed E-state index contributed by atoms with van der Waals surface area (Å²) in [5.74, 6) is 0.714. The first kappa shape index (κ1) is 15.3. The van der Waals surface area contributed by atoms with Crippen LogP contribution in [0.4, 0.5) is 0 Å². The van der Waals surface area contributed by atoms with E-state index in [1.165, 1.54) is 16.9 Å². The van der Waals surface area contributed by atoms with Crippen LogP contribution < -0.4 is 4.74 Å². The van der Waals surface area contributed by atoms with Gasteiger partial charge >= 0.3 is 0 Å². The second-order valence-corrected chi connectivity index (χ2v) is 7.35. The molecule has 1 heterocycles. The summed E-state index contributed by atoms with van der Waals surface area (Å²) < 4.78 is 6.38. The molecule has 0 aliphatic heterocycles. The molecule has 0 atom stereocenters. The molecule has 0 fully saturated rings. The standard InChI is InChI=1S/C16H17BrO2S/c1-16(2,3)11-4-6-12(7-5-11)19-10-14(18)15-13(17)8-9-20-15/h4-9H,10H2,1-3H3. The Morgan fingerprint density at radius 2 is 1.85 bits per heavy atom. The van der Waals surface area contributed by atoms with Crippen LogP contribution in [-0.4, -0.2) is 12.4 Å². The number of halogens is 1. The summed E-state index contributed by atoms with van der Waals surface area (Å²) >= 11 is 4.78. The van der Waals surface area contributed by atoms with Gasteiger partial charge in [0.05, 0.1) is 4.88 Å². The summed E-state index contributed by atoms with van der Waals surface area (Å²) in [5, 5.41) is 1.88. The largest absolute Gasteiger partial charge is 0.485 e. The van der Waals surface area contributed by atoms with E-state index in [1.54, 1.807) is 0 Å². The van der Waals surface area contributed by atoms with Crippen molar-refractivity contribution in [2.75, 3.05) is 6.61 Å². The molecule has 0 N–H and O–H groups in total. The predicted octanol–water partition coefficient (Wildman–Crippen LogP) is 5.07. The summed E-state index contributed by atoms with van der Waals surface area (Å²) in [6.07, 6.45) is 0. The van der Waals surface area contributed by atoms with Crippen LogP contribution in [0, 0.1) is 0 Å². The van der Waals surface area contributed by atoms with Crippen LogP contribution >= 0.6 is 27.3 Å². The van der Waals surface area contributed by atoms with Crippen LogP contribution in [0.25, 0.3) is 0 Å². The van der Waals surface area contributed by atoms with Gasteiger partial charge in [0.25, 0.3) is 0 Å². The number of hydrogen-bond acceptors (Lipinski definition) is 3. The highest BCUT2D eigenvalue weighted by Crippen LogP contribution is 2.25. The van der Waals surface area contributed by atoms with Crippen LogP contribution in [0.5, 0.6) is 5.75 Å². The van der Waals surface area contributed by atoms with E-state index in [9.17, 15) is 4.79 Å². The normalized spacial score (nSPS) is 11.4. The van der Waals surface area contributed by atoms with E-state index in [0.29, 0.717) is 4.88 Å². The van der Waals surface area contributed by atoms with Crippen LogP contribution in [0.2, 0.25) is 0 Å². The van der Waals surface area contributed by atoms with Crippen LogP contribution in [0.1, 0.15) is 36.0 Å². The Morgan fingerprint density at radius 3 is 2.35 bits per heavy atom. The molecule has 0 aliphatic rings. The Balaban J connectivity index is 1.98. The van der Waals surface area contributed by atoms with Crippen molar-refractivity contribution in [2.45, 2.75) is 26.2 Å². The number of hydrogen-bond donors (Lipinski definition) is 0. The third-order valence-electron chi connectivity index (χ3n) is 2.96. The SMILES string of the molecule is CC(C)(C)c1ccc(OCC(=O)c2sccc2Br)cc1. The van der Waals surface area contributed by atoms with Gasteiger partial charge in [-0.25, -0.2) is 0 Å². The number of benzene rings is 1. The van der Waals surface area contributed by atoms with E-state index in [1.807, 2.05) is 35.7 Å². The van der Waals surface area contributed by atoms with Crippen molar-refractivity contribution in [3.8, 4) is 5.75 Å². The summed E-state index contributed by atoms with van der Waals surface area (Å²) in [5.41, 5.74) is 1.37. The smallest absolute Gasteiger partial charge is 0.211 e. The lowest BCUT2D eigenvalue weighted by molar-refractivity contribution is 0.0925. The van der Waals surface area contributed by atoms with E-state index in [2.05, 4.69) is 36.7 Å². The molecule has 2 rings (SSSR count). The minimum absolute atomic E-state index is 0.00762. The maximum absolute atomic E-state index is 12.0. The molecule has 0 saturated heterocycles. The Kier molecular flexibility index (Phi) is 4.66. The van der Waals surface area contributed by atoms with Crippen molar-refractivity contribution < 1.29 is 9.53 Å². The quantitative estimate of drug-likeness (QED) is 0.718. The monoisotopic (exact) mass is 352 g/mol. The van der Waals surface area contributed by atoms with Crippen molar-refractivity contribution in [3.63, 3.8) is 0 Å². The lowest BCUT2D eigenvalue weighted by atomic mass is 9.87. The third kappa shape index (κ3) is 3.70. The van der Waals surface area contributed by atoms with Crippen LogP contribution in [0.3, 0.4) is 0 Å². The molecule has 0 saturated carbocycles. The molecule has 2 nitrogen and oxygen atoms in total. The number of ether oxygens (including phenoxy) is 1. The lowest BCUT2D eigenvalue weighted by Gasteiger charge is -2.19. The molecular formula is C16H17BrO2S. The molecule has 1 aromatic carbocycles. The van der Waals surface area contributed by atoms with Crippen LogP contribution in [-0.2, 0) is 5.41 Å². The van der Waals surface area contributed by atoms with Crippen molar-refractivity contribution in [2.24, 2.45) is 0 Å². The molecule has 106 valence electrons. The highest BCUT2D eigenvalue weighted by molar-refractivity contribution is 9.10. The molecular weight excluding hydrogens is 336 g/mol. The number of carbonyl (C=O) groups excluding carboxylic acids is 1. The third-order valence-corrected chi connectivity index (χ3v) is 4.84. The average Bonchev–Trinajstić information content (AvgIpc) is 2.82. The summed E-state index contributed by atoms with van der Waals surface area (Å²) in [7, 11) is 0. The Morgan fingerprint density at radius 1 is 1.20 bits per heavy atom. The number of Topliss-reactive ketones (excluding diaryl/α,β-unsaturated/α-hetero) is 1. The highest BCUT2D eigenvalue weighted by Gasteiger charge is 2.14. The van der Waals surface area contributed by atoms with E-state index in [4.69, 9.17) is 4.74 Å². The molecule has 0 aliphatic carbocycles. The fourth-order valence-corrected chi connectivity index (χ4v) is 3.28. The first-order valence-corrected chi connectivity index (χ1v) is 8.05. The minimum Gasteiger partial charge on any atom is -0.485 e. The van der Waals surface area contributed by atoms with Crippen molar-refractivity contribution in [3.05, 3.63) is 50.6 Å².